The van der Waals surface area contributed by atoms with Crippen LogP contribution in [0.5, 0.6) is 5.75 Å². The number of carbonyl (C=O) groups excluding carboxylic acids is 3. The third kappa shape index (κ3) is 5.58. The largest absolute Gasteiger partial charge is 0.497 e. The maximum Gasteiger partial charge on any atom is 0.262 e. The number of carbonyl (C=O) groups is 3. The molecule has 0 fully saturated rings. The lowest BCUT2D eigenvalue weighted by Crippen LogP contribution is -2.23. The number of hydrogen-bond acceptors (Lipinski definition) is 6. The van der Waals surface area contributed by atoms with E-state index in [1.807, 2.05) is 24.3 Å². The maximum atomic E-state index is 12.3. The van der Waals surface area contributed by atoms with Crippen molar-refractivity contribution >= 4 is 40.3 Å². The normalized spacial score (nSPS) is 15.6. The molecule has 3 rings (SSSR count). The molecule has 0 spiro atoms. The van der Waals surface area contributed by atoms with Crippen LogP contribution < -0.4 is 21.1 Å². The number of nitrogens with one attached hydrogen (secondary N) is 2. The Labute approximate surface area is 171 Å². The smallest absolute Gasteiger partial charge is 0.262 e. The first-order chi connectivity index (χ1) is 13.9. The molecule has 150 valence electrons. The third-order valence-corrected chi connectivity index (χ3v) is 5.16. The van der Waals surface area contributed by atoms with Crippen LogP contribution in [0.4, 0.5) is 5.69 Å². The van der Waals surface area contributed by atoms with E-state index >= 15 is 0 Å². The highest BCUT2D eigenvalue weighted by atomic mass is 32.2. The number of hydrogen-bond donors (Lipinski definition) is 3. The van der Waals surface area contributed by atoms with Crippen LogP contribution in [0.15, 0.2) is 53.5 Å². The van der Waals surface area contributed by atoms with Crippen molar-refractivity contribution in [3.05, 3.63) is 59.7 Å². The van der Waals surface area contributed by atoms with Crippen molar-refractivity contribution in [3.8, 4) is 5.75 Å². The molecule has 0 aromatic heterocycles. The Morgan fingerprint density at radius 3 is 2.41 bits per heavy atom. The van der Waals surface area contributed by atoms with E-state index in [0.29, 0.717) is 17.8 Å². The van der Waals surface area contributed by atoms with Crippen LogP contribution >= 0.6 is 11.8 Å². The summed E-state index contributed by atoms with van der Waals surface area (Å²) in [6.07, 6.45) is -0.0161. The second-order valence-electron chi connectivity index (χ2n) is 6.26. The van der Waals surface area contributed by atoms with E-state index in [1.165, 1.54) is 0 Å². The molecule has 3 amide bonds. The Hall–Kier alpha value is -3.33. The van der Waals surface area contributed by atoms with E-state index in [4.69, 9.17) is 10.5 Å². The van der Waals surface area contributed by atoms with Gasteiger partial charge in [0.1, 0.15) is 11.0 Å². The van der Waals surface area contributed by atoms with E-state index < -0.39 is 11.2 Å². The number of nitrogens with two attached hydrogens (primary N) is 1. The molecule has 2 aromatic carbocycles. The molecule has 1 aliphatic rings. The number of nitrogens with zero attached hydrogens (tertiary/aromatic N) is 1. The number of amides is 3. The Morgan fingerprint density at radius 1 is 1.14 bits per heavy atom. The summed E-state index contributed by atoms with van der Waals surface area (Å²) in [5.41, 5.74) is 7.44. The summed E-state index contributed by atoms with van der Waals surface area (Å²) < 4.78 is 5.10. The number of aliphatic imine (C=N–C) groups is 1. The summed E-state index contributed by atoms with van der Waals surface area (Å²) in [6, 6.07) is 13.9. The zero-order valence-corrected chi connectivity index (χ0v) is 16.5. The Bertz CT molecular complexity index is 942. The van der Waals surface area contributed by atoms with Crippen LogP contribution in [0.25, 0.3) is 0 Å². The third-order valence-electron chi connectivity index (χ3n) is 4.17. The average molecular weight is 412 g/mol. The molecule has 9 heteroatoms. The van der Waals surface area contributed by atoms with E-state index in [-0.39, 0.29) is 23.4 Å². The van der Waals surface area contributed by atoms with Crippen LogP contribution in [0.1, 0.15) is 22.3 Å². The zero-order valence-electron chi connectivity index (χ0n) is 15.7. The van der Waals surface area contributed by atoms with Crippen molar-refractivity contribution in [2.45, 2.75) is 18.2 Å². The number of thioether (sulfide) groups is 1. The van der Waals surface area contributed by atoms with E-state index in [0.717, 1.165) is 23.1 Å². The fourth-order valence-corrected chi connectivity index (χ4v) is 3.47. The fourth-order valence-electron chi connectivity index (χ4n) is 2.65. The standard InChI is InChI=1S/C20H20N4O4S/c1-28-15-8-2-12(3-9-15)11-22-18(26)13-4-6-14(7-5-13)23-17(25)10-16-19(27)24-20(21)29-16/h2-9,16H,10-11H2,1H3,(H,22,26)(H,23,25)(H2,21,24,27)/t16-/m1/s1. The summed E-state index contributed by atoms with van der Waals surface area (Å²) >= 11 is 1.08. The second kappa shape index (κ2) is 9.24. The molecule has 0 bridgehead atoms. The number of anilines is 1. The first-order valence-corrected chi connectivity index (χ1v) is 9.68. The summed E-state index contributed by atoms with van der Waals surface area (Å²) in [5, 5.41) is 5.13. The van der Waals surface area contributed by atoms with Gasteiger partial charge in [0.25, 0.3) is 11.8 Å². The van der Waals surface area contributed by atoms with Gasteiger partial charge in [-0.2, -0.15) is 4.99 Å². The molecule has 0 saturated carbocycles. The van der Waals surface area contributed by atoms with Crippen molar-refractivity contribution in [1.29, 1.82) is 0 Å². The molecule has 2 aromatic rings. The molecule has 0 aliphatic carbocycles. The number of amidine groups is 1. The molecule has 1 aliphatic heterocycles. The minimum absolute atomic E-state index is 0.0161. The van der Waals surface area contributed by atoms with Crippen LogP contribution in [0.3, 0.4) is 0 Å². The van der Waals surface area contributed by atoms with Gasteiger partial charge >= 0.3 is 0 Å². The number of ether oxygens (including phenoxy) is 1. The number of methoxy groups -OCH3 is 1. The average Bonchev–Trinajstić information content (AvgIpc) is 3.03. The molecule has 1 heterocycles. The Morgan fingerprint density at radius 2 is 1.83 bits per heavy atom. The van der Waals surface area contributed by atoms with Gasteiger partial charge in [0.05, 0.1) is 7.11 Å². The van der Waals surface area contributed by atoms with Crippen LogP contribution in [0, 0.1) is 0 Å². The van der Waals surface area contributed by atoms with Crippen LogP contribution in [-0.4, -0.2) is 35.2 Å². The summed E-state index contributed by atoms with van der Waals surface area (Å²) in [7, 11) is 1.60. The zero-order chi connectivity index (χ0) is 20.8. The highest BCUT2D eigenvalue weighted by molar-refractivity contribution is 8.15. The van der Waals surface area contributed by atoms with Crippen molar-refractivity contribution < 1.29 is 19.1 Å². The van der Waals surface area contributed by atoms with Gasteiger partial charge in [-0.15, -0.1) is 0 Å². The highest BCUT2D eigenvalue weighted by Gasteiger charge is 2.29. The topological polar surface area (TPSA) is 123 Å². The minimum Gasteiger partial charge on any atom is -0.497 e. The van der Waals surface area contributed by atoms with Crippen LogP contribution in [0.2, 0.25) is 0 Å². The first-order valence-electron chi connectivity index (χ1n) is 8.80. The fraction of sp³-hybridized carbons (Fsp3) is 0.200. The predicted octanol–water partition coefficient (Wildman–Crippen LogP) is 1.91. The van der Waals surface area contributed by atoms with Gasteiger partial charge in [0, 0.05) is 24.2 Å². The van der Waals surface area contributed by atoms with Gasteiger partial charge in [0.2, 0.25) is 5.91 Å². The lowest BCUT2D eigenvalue weighted by Gasteiger charge is -2.09. The van der Waals surface area contributed by atoms with Crippen molar-refractivity contribution in [2.75, 3.05) is 12.4 Å². The highest BCUT2D eigenvalue weighted by Crippen LogP contribution is 2.23. The van der Waals surface area contributed by atoms with Crippen LogP contribution in [-0.2, 0) is 16.1 Å². The molecule has 1 atom stereocenters. The predicted molar refractivity (Wildman–Crippen MR) is 112 cm³/mol. The Balaban J connectivity index is 1.49. The van der Waals surface area contributed by atoms with E-state index in [1.54, 1.807) is 31.4 Å². The number of benzene rings is 2. The molecule has 4 N–H and O–H groups in total. The molecule has 0 saturated heterocycles. The van der Waals surface area contributed by atoms with Crippen molar-refractivity contribution in [1.82, 2.24) is 5.32 Å². The molecular formula is C20H20N4O4S. The molecule has 0 radical (unpaired) electrons. The van der Waals surface area contributed by atoms with Gasteiger partial charge in [-0.3, -0.25) is 14.4 Å². The maximum absolute atomic E-state index is 12.3. The second-order valence-corrected chi connectivity index (χ2v) is 7.48. The Kier molecular flexibility index (Phi) is 6.50. The van der Waals surface area contributed by atoms with Gasteiger partial charge in [-0.25, -0.2) is 0 Å². The van der Waals surface area contributed by atoms with Crippen molar-refractivity contribution in [2.24, 2.45) is 10.7 Å². The van der Waals surface area contributed by atoms with Gasteiger partial charge in [0.15, 0.2) is 5.17 Å². The first kappa shape index (κ1) is 20.4. The minimum atomic E-state index is -0.585. The van der Waals surface area contributed by atoms with Crippen molar-refractivity contribution in [3.63, 3.8) is 0 Å². The summed E-state index contributed by atoms with van der Waals surface area (Å²) in [5.74, 6) is -0.187. The summed E-state index contributed by atoms with van der Waals surface area (Å²) in [4.78, 5) is 39.5. The molecule has 29 heavy (non-hydrogen) atoms. The quantitative estimate of drug-likeness (QED) is 0.638. The van der Waals surface area contributed by atoms with E-state index in [2.05, 4.69) is 15.6 Å². The molecule has 8 nitrogen and oxygen atoms in total. The lowest BCUT2D eigenvalue weighted by molar-refractivity contribution is -0.121. The summed E-state index contributed by atoms with van der Waals surface area (Å²) in [6.45, 7) is 0.388. The van der Waals surface area contributed by atoms with Gasteiger partial charge in [-0.1, -0.05) is 23.9 Å². The van der Waals surface area contributed by atoms with E-state index in [9.17, 15) is 14.4 Å². The van der Waals surface area contributed by atoms with Gasteiger partial charge in [-0.05, 0) is 42.0 Å². The lowest BCUT2D eigenvalue weighted by atomic mass is 10.1. The monoisotopic (exact) mass is 412 g/mol. The molecule has 0 unspecified atom stereocenters. The molecular weight excluding hydrogens is 392 g/mol. The van der Waals surface area contributed by atoms with Gasteiger partial charge < -0.3 is 21.1 Å². The SMILES string of the molecule is COc1ccc(CNC(=O)c2ccc(NC(=O)C[C@H]3SC(N)=NC3=O)cc2)cc1. The number of rotatable bonds is 7.